The molecule has 0 saturated carbocycles. The molecule has 0 aliphatic heterocycles. The van der Waals surface area contributed by atoms with E-state index in [1.165, 1.54) is 12.1 Å². The highest BCUT2D eigenvalue weighted by atomic mass is 35.5. The van der Waals surface area contributed by atoms with Gasteiger partial charge in [0, 0.05) is 11.6 Å². The molecule has 0 atom stereocenters. The molecular weight excluding hydrogens is 391 g/mol. The Morgan fingerprint density at radius 1 is 1.29 bits per heavy atom. The standard InChI is InChI=1S/C15H16Cl2N2O3S2/c1-2-7-19(24(21,22)15-4-3-8-23-15)10-14(20)18-13-9-11(16)5-6-12(13)17/h3-6,8-9H,2,7,10H2,1H3,(H,18,20). The van der Waals surface area contributed by atoms with Crippen LogP contribution in [0.3, 0.4) is 0 Å². The number of amides is 1. The third-order valence-electron chi connectivity index (χ3n) is 3.08. The maximum absolute atomic E-state index is 12.6. The first kappa shape index (κ1) is 19.2. The molecule has 1 N–H and O–H groups in total. The number of anilines is 1. The van der Waals surface area contributed by atoms with Crippen LogP contribution in [0.25, 0.3) is 0 Å². The second-order valence-corrected chi connectivity index (χ2v) is 8.90. The first-order valence-electron chi connectivity index (χ1n) is 7.13. The van der Waals surface area contributed by atoms with Gasteiger partial charge in [-0.1, -0.05) is 36.2 Å². The van der Waals surface area contributed by atoms with Gasteiger partial charge in [0.05, 0.1) is 17.3 Å². The quantitative estimate of drug-likeness (QED) is 0.752. The monoisotopic (exact) mass is 406 g/mol. The molecule has 1 aromatic heterocycles. The molecule has 1 heterocycles. The van der Waals surface area contributed by atoms with E-state index in [0.717, 1.165) is 15.6 Å². The number of benzene rings is 1. The van der Waals surface area contributed by atoms with Crippen LogP contribution in [0, 0.1) is 0 Å². The average molecular weight is 407 g/mol. The van der Waals surface area contributed by atoms with Crippen LogP contribution in [0.15, 0.2) is 39.9 Å². The summed E-state index contributed by atoms with van der Waals surface area (Å²) in [5, 5.41) is 5.03. The second kappa shape index (κ2) is 8.31. The van der Waals surface area contributed by atoms with Crippen LogP contribution in [0.5, 0.6) is 0 Å². The van der Waals surface area contributed by atoms with Gasteiger partial charge in [0.25, 0.3) is 10.0 Å². The average Bonchev–Trinajstić information content (AvgIpc) is 3.05. The zero-order valence-corrected chi connectivity index (χ0v) is 16.0. The summed E-state index contributed by atoms with van der Waals surface area (Å²) in [6.07, 6.45) is 0.593. The smallest absolute Gasteiger partial charge is 0.253 e. The Labute approximate surface area is 155 Å². The number of rotatable bonds is 7. The van der Waals surface area contributed by atoms with Gasteiger partial charge in [-0.2, -0.15) is 4.31 Å². The third kappa shape index (κ3) is 4.70. The molecule has 0 saturated heterocycles. The van der Waals surface area contributed by atoms with Gasteiger partial charge in [-0.15, -0.1) is 11.3 Å². The van der Waals surface area contributed by atoms with Crippen molar-refractivity contribution in [3.8, 4) is 0 Å². The maximum Gasteiger partial charge on any atom is 0.253 e. The van der Waals surface area contributed by atoms with Crippen LogP contribution in [-0.4, -0.2) is 31.7 Å². The van der Waals surface area contributed by atoms with Crippen molar-refractivity contribution in [2.24, 2.45) is 0 Å². The van der Waals surface area contributed by atoms with E-state index in [-0.39, 0.29) is 17.3 Å². The minimum atomic E-state index is -3.69. The fraction of sp³-hybridized carbons (Fsp3) is 0.267. The predicted molar refractivity (Wildman–Crippen MR) is 98.5 cm³/mol. The molecular formula is C15H16Cl2N2O3S2. The lowest BCUT2D eigenvalue weighted by molar-refractivity contribution is -0.116. The number of thiophene rings is 1. The van der Waals surface area contributed by atoms with Crippen LogP contribution >= 0.6 is 34.5 Å². The van der Waals surface area contributed by atoms with Crippen molar-refractivity contribution in [2.45, 2.75) is 17.6 Å². The summed E-state index contributed by atoms with van der Waals surface area (Å²) in [5.41, 5.74) is 0.346. The minimum absolute atomic E-state index is 0.213. The van der Waals surface area contributed by atoms with E-state index in [1.54, 1.807) is 23.6 Å². The molecule has 24 heavy (non-hydrogen) atoms. The SMILES string of the molecule is CCCN(CC(=O)Nc1cc(Cl)ccc1Cl)S(=O)(=O)c1cccs1. The van der Waals surface area contributed by atoms with Gasteiger partial charge in [0.1, 0.15) is 4.21 Å². The van der Waals surface area contributed by atoms with E-state index in [4.69, 9.17) is 23.2 Å². The first-order valence-corrected chi connectivity index (χ1v) is 10.2. The summed E-state index contributed by atoms with van der Waals surface area (Å²) in [5.74, 6) is -0.479. The Kier molecular flexibility index (Phi) is 6.65. The summed E-state index contributed by atoms with van der Waals surface area (Å²) in [4.78, 5) is 12.3. The van der Waals surface area contributed by atoms with E-state index in [1.807, 2.05) is 6.92 Å². The number of halogens is 2. The van der Waals surface area contributed by atoms with Gasteiger partial charge < -0.3 is 5.32 Å². The Balaban J connectivity index is 2.16. The van der Waals surface area contributed by atoms with E-state index in [0.29, 0.717) is 22.2 Å². The zero-order chi connectivity index (χ0) is 17.7. The van der Waals surface area contributed by atoms with Crippen molar-refractivity contribution >= 4 is 56.2 Å². The molecule has 1 aromatic carbocycles. The number of carbonyl (C=O) groups excluding carboxylic acids is 1. The number of hydrogen-bond acceptors (Lipinski definition) is 4. The van der Waals surface area contributed by atoms with Gasteiger partial charge in [0.2, 0.25) is 5.91 Å². The predicted octanol–water partition coefficient (Wildman–Crippen LogP) is 4.09. The lowest BCUT2D eigenvalue weighted by Gasteiger charge is -2.20. The molecule has 2 rings (SSSR count). The molecule has 1 amide bonds. The van der Waals surface area contributed by atoms with Crippen LogP contribution in [-0.2, 0) is 14.8 Å². The fourth-order valence-corrected chi connectivity index (χ4v) is 4.98. The highest BCUT2D eigenvalue weighted by Gasteiger charge is 2.27. The highest BCUT2D eigenvalue weighted by molar-refractivity contribution is 7.91. The van der Waals surface area contributed by atoms with Crippen molar-refractivity contribution in [3.05, 3.63) is 45.8 Å². The maximum atomic E-state index is 12.6. The van der Waals surface area contributed by atoms with Crippen LogP contribution in [0.2, 0.25) is 10.0 Å². The van der Waals surface area contributed by atoms with Crippen molar-refractivity contribution in [1.82, 2.24) is 4.31 Å². The van der Waals surface area contributed by atoms with E-state index < -0.39 is 15.9 Å². The summed E-state index contributed by atoms with van der Waals surface area (Å²) >= 11 is 13.0. The third-order valence-corrected chi connectivity index (χ3v) is 6.87. The Morgan fingerprint density at radius 2 is 2.04 bits per heavy atom. The number of nitrogens with one attached hydrogen (secondary N) is 1. The topological polar surface area (TPSA) is 66.5 Å². The van der Waals surface area contributed by atoms with Crippen LogP contribution in [0.1, 0.15) is 13.3 Å². The minimum Gasteiger partial charge on any atom is -0.324 e. The van der Waals surface area contributed by atoms with Gasteiger partial charge in [-0.3, -0.25) is 4.79 Å². The van der Waals surface area contributed by atoms with E-state index in [9.17, 15) is 13.2 Å². The number of hydrogen-bond donors (Lipinski definition) is 1. The normalized spacial score (nSPS) is 11.7. The lowest BCUT2D eigenvalue weighted by atomic mass is 10.3. The molecule has 5 nitrogen and oxygen atoms in total. The molecule has 130 valence electrons. The van der Waals surface area contributed by atoms with Crippen LogP contribution in [0.4, 0.5) is 5.69 Å². The van der Waals surface area contributed by atoms with Crippen LogP contribution < -0.4 is 5.32 Å². The molecule has 0 unspecified atom stereocenters. The van der Waals surface area contributed by atoms with Crippen molar-refractivity contribution in [1.29, 1.82) is 0 Å². The summed E-state index contributed by atoms with van der Waals surface area (Å²) in [6.45, 7) is 1.80. The van der Waals surface area contributed by atoms with Crippen molar-refractivity contribution in [3.63, 3.8) is 0 Å². The highest BCUT2D eigenvalue weighted by Crippen LogP contribution is 2.26. The van der Waals surface area contributed by atoms with E-state index in [2.05, 4.69) is 5.32 Å². The van der Waals surface area contributed by atoms with Gasteiger partial charge in [0.15, 0.2) is 0 Å². The molecule has 2 aromatic rings. The first-order chi connectivity index (χ1) is 11.3. The lowest BCUT2D eigenvalue weighted by Crippen LogP contribution is -2.38. The Hall–Kier alpha value is -1.12. The molecule has 0 radical (unpaired) electrons. The second-order valence-electron chi connectivity index (χ2n) is 4.94. The summed E-state index contributed by atoms with van der Waals surface area (Å²) < 4.78 is 26.6. The number of carbonyl (C=O) groups is 1. The van der Waals surface area contributed by atoms with Crippen molar-refractivity contribution in [2.75, 3.05) is 18.4 Å². The number of nitrogens with zero attached hydrogens (tertiary/aromatic N) is 1. The Morgan fingerprint density at radius 3 is 2.67 bits per heavy atom. The fourth-order valence-electron chi connectivity index (χ4n) is 2.01. The summed E-state index contributed by atoms with van der Waals surface area (Å²) in [7, 11) is -3.69. The largest absolute Gasteiger partial charge is 0.324 e. The molecule has 0 bridgehead atoms. The molecule has 0 spiro atoms. The van der Waals surface area contributed by atoms with Gasteiger partial charge in [-0.25, -0.2) is 8.42 Å². The van der Waals surface area contributed by atoms with E-state index >= 15 is 0 Å². The van der Waals surface area contributed by atoms with Crippen molar-refractivity contribution < 1.29 is 13.2 Å². The number of sulfonamides is 1. The Bertz CT molecular complexity index is 808. The molecule has 0 aliphatic rings. The molecule has 0 aliphatic carbocycles. The zero-order valence-electron chi connectivity index (χ0n) is 12.8. The summed E-state index contributed by atoms with van der Waals surface area (Å²) in [6, 6.07) is 7.86. The molecule has 0 fully saturated rings. The van der Waals surface area contributed by atoms with Gasteiger partial charge >= 0.3 is 0 Å². The van der Waals surface area contributed by atoms with Gasteiger partial charge in [-0.05, 0) is 36.1 Å². The molecule has 9 heteroatoms.